The smallest absolute Gasteiger partial charge is 0.306 e. The molecule has 224 valence electrons. The molecule has 0 radical (unpaired) electrons. The fourth-order valence-electron chi connectivity index (χ4n) is 5.66. The van der Waals surface area contributed by atoms with Gasteiger partial charge in [0.25, 0.3) is 0 Å². The monoisotopic (exact) mass is 536 g/mol. The van der Waals surface area contributed by atoms with Crippen LogP contribution in [0.5, 0.6) is 0 Å². The van der Waals surface area contributed by atoms with Crippen LogP contribution in [0, 0.1) is 0 Å². The number of carbonyl (C=O) groups excluding carboxylic acids is 2. The first kappa shape index (κ1) is 35.0. The average molecular weight is 537 g/mol. The molecule has 38 heavy (non-hydrogen) atoms. The molecule has 0 bridgehead atoms. The van der Waals surface area contributed by atoms with Crippen LogP contribution in [0.15, 0.2) is 0 Å². The van der Waals surface area contributed by atoms with E-state index in [1.165, 1.54) is 116 Å². The SMILES string of the molecule is CCCCCCCCCCCCCC(=O)O[C@H]1CCCC[C@@H]1OC(=O)CCCCCCCCCCCCC. The van der Waals surface area contributed by atoms with E-state index in [1.54, 1.807) is 0 Å². The van der Waals surface area contributed by atoms with Gasteiger partial charge in [-0.2, -0.15) is 0 Å². The van der Waals surface area contributed by atoms with Crippen molar-refractivity contribution in [1.82, 2.24) is 0 Å². The second-order valence-corrected chi connectivity index (χ2v) is 11.9. The molecule has 0 saturated heterocycles. The Morgan fingerprint density at radius 3 is 1.00 bits per heavy atom. The molecule has 0 unspecified atom stereocenters. The summed E-state index contributed by atoms with van der Waals surface area (Å²) >= 11 is 0. The lowest BCUT2D eigenvalue weighted by Gasteiger charge is -2.30. The zero-order valence-electron chi connectivity index (χ0n) is 25.6. The molecule has 0 N–H and O–H groups in total. The Kier molecular flexibility index (Phi) is 24.1. The maximum absolute atomic E-state index is 12.4. The highest BCUT2D eigenvalue weighted by Gasteiger charge is 2.31. The van der Waals surface area contributed by atoms with Crippen LogP contribution >= 0.6 is 0 Å². The number of carbonyl (C=O) groups is 2. The molecular weight excluding hydrogens is 472 g/mol. The van der Waals surface area contributed by atoms with Gasteiger partial charge in [0, 0.05) is 12.8 Å². The van der Waals surface area contributed by atoms with Crippen LogP contribution in [0.3, 0.4) is 0 Å². The van der Waals surface area contributed by atoms with Crippen molar-refractivity contribution in [3.05, 3.63) is 0 Å². The Morgan fingerprint density at radius 2 is 0.711 bits per heavy atom. The Bertz CT molecular complexity index is 499. The summed E-state index contributed by atoms with van der Waals surface area (Å²) < 4.78 is 11.6. The lowest BCUT2D eigenvalue weighted by atomic mass is 9.94. The Labute approximate surface area is 236 Å². The topological polar surface area (TPSA) is 52.6 Å². The third kappa shape index (κ3) is 20.8. The van der Waals surface area contributed by atoms with E-state index in [0.717, 1.165) is 51.4 Å². The number of ether oxygens (including phenoxy) is 2. The summed E-state index contributed by atoms with van der Waals surface area (Å²) in [6.45, 7) is 4.53. The van der Waals surface area contributed by atoms with Crippen LogP contribution < -0.4 is 0 Å². The Balaban J connectivity index is 2.04. The van der Waals surface area contributed by atoms with Gasteiger partial charge in [-0.25, -0.2) is 0 Å². The molecule has 4 nitrogen and oxygen atoms in total. The number of hydrogen-bond donors (Lipinski definition) is 0. The minimum atomic E-state index is -0.245. The molecule has 0 heterocycles. The minimum absolute atomic E-state index is 0.112. The highest BCUT2D eigenvalue weighted by molar-refractivity contribution is 5.70. The first-order chi connectivity index (χ1) is 18.7. The molecule has 2 atom stereocenters. The summed E-state index contributed by atoms with van der Waals surface area (Å²) in [4.78, 5) is 24.8. The van der Waals surface area contributed by atoms with E-state index in [4.69, 9.17) is 9.47 Å². The van der Waals surface area contributed by atoms with Gasteiger partial charge in [0.15, 0.2) is 0 Å². The van der Waals surface area contributed by atoms with Gasteiger partial charge in [0.05, 0.1) is 0 Å². The molecule has 4 heteroatoms. The molecule has 0 aromatic heterocycles. The summed E-state index contributed by atoms with van der Waals surface area (Å²) in [5.41, 5.74) is 0. The average Bonchev–Trinajstić information content (AvgIpc) is 2.91. The van der Waals surface area contributed by atoms with Crippen LogP contribution in [0.25, 0.3) is 0 Å². The maximum atomic E-state index is 12.4. The molecule has 0 amide bonds. The normalized spacial score (nSPS) is 17.4. The zero-order valence-corrected chi connectivity index (χ0v) is 25.6. The van der Waals surface area contributed by atoms with E-state index in [2.05, 4.69) is 13.8 Å². The summed E-state index contributed by atoms with van der Waals surface area (Å²) in [5, 5.41) is 0. The van der Waals surface area contributed by atoms with Crippen LogP contribution in [0.2, 0.25) is 0 Å². The fraction of sp³-hybridized carbons (Fsp3) is 0.941. The Hall–Kier alpha value is -1.06. The molecule has 1 aliphatic carbocycles. The van der Waals surface area contributed by atoms with E-state index in [9.17, 15) is 9.59 Å². The predicted molar refractivity (Wildman–Crippen MR) is 160 cm³/mol. The van der Waals surface area contributed by atoms with Crippen molar-refractivity contribution in [3.63, 3.8) is 0 Å². The highest BCUT2D eigenvalue weighted by Crippen LogP contribution is 2.25. The van der Waals surface area contributed by atoms with E-state index < -0.39 is 0 Å². The quantitative estimate of drug-likeness (QED) is 0.0814. The maximum Gasteiger partial charge on any atom is 0.306 e. The van der Waals surface area contributed by atoms with Crippen molar-refractivity contribution in [2.45, 2.75) is 206 Å². The molecule has 1 fully saturated rings. The third-order valence-electron chi connectivity index (χ3n) is 8.18. The van der Waals surface area contributed by atoms with Crippen LogP contribution in [-0.2, 0) is 19.1 Å². The van der Waals surface area contributed by atoms with Gasteiger partial charge in [0.2, 0.25) is 0 Å². The highest BCUT2D eigenvalue weighted by atomic mass is 16.6. The van der Waals surface area contributed by atoms with Gasteiger partial charge in [-0.05, 0) is 38.5 Å². The van der Waals surface area contributed by atoms with Crippen LogP contribution in [0.4, 0.5) is 0 Å². The largest absolute Gasteiger partial charge is 0.458 e. The van der Waals surface area contributed by atoms with Gasteiger partial charge < -0.3 is 9.47 Å². The predicted octanol–water partition coefficient (Wildman–Crippen LogP) is 10.8. The molecular formula is C34H64O4. The first-order valence-corrected chi connectivity index (χ1v) is 17.1. The minimum Gasteiger partial charge on any atom is -0.458 e. The van der Waals surface area contributed by atoms with Gasteiger partial charge in [-0.15, -0.1) is 0 Å². The summed E-state index contributed by atoms with van der Waals surface area (Å²) in [6, 6.07) is 0. The third-order valence-corrected chi connectivity index (χ3v) is 8.18. The van der Waals surface area contributed by atoms with Crippen molar-refractivity contribution >= 4 is 11.9 Å². The lowest BCUT2D eigenvalue weighted by molar-refractivity contribution is -0.171. The molecule has 1 aliphatic rings. The van der Waals surface area contributed by atoms with Gasteiger partial charge >= 0.3 is 11.9 Å². The molecule has 0 aliphatic heterocycles. The van der Waals surface area contributed by atoms with E-state index >= 15 is 0 Å². The van der Waals surface area contributed by atoms with Gasteiger partial charge in [-0.3, -0.25) is 9.59 Å². The summed E-state index contributed by atoms with van der Waals surface area (Å²) in [7, 11) is 0. The van der Waals surface area contributed by atoms with E-state index in [1.807, 2.05) is 0 Å². The molecule has 0 aromatic rings. The van der Waals surface area contributed by atoms with Crippen LogP contribution in [-0.4, -0.2) is 24.1 Å². The number of unbranched alkanes of at least 4 members (excludes halogenated alkanes) is 20. The summed E-state index contributed by atoms with van der Waals surface area (Å²) in [5.74, 6) is -0.224. The second-order valence-electron chi connectivity index (χ2n) is 11.9. The second kappa shape index (κ2) is 26.2. The first-order valence-electron chi connectivity index (χ1n) is 17.1. The van der Waals surface area contributed by atoms with Crippen molar-refractivity contribution in [2.75, 3.05) is 0 Å². The molecule has 0 aromatic carbocycles. The van der Waals surface area contributed by atoms with Crippen LogP contribution in [0.1, 0.15) is 194 Å². The standard InChI is InChI=1S/C34H64O4/c1-3-5-7-9-11-13-15-17-19-21-23-29-33(35)37-31-27-25-26-28-32(31)38-34(36)30-24-22-20-18-16-14-12-10-8-6-4-2/h31-32H,3-30H2,1-2H3/t31-,32-/m0/s1. The fourth-order valence-corrected chi connectivity index (χ4v) is 5.66. The van der Waals surface area contributed by atoms with Crippen molar-refractivity contribution in [2.24, 2.45) is 0 Å². The van der Waals surface area contributed by atoms with Crippen molar-refractivity contribution < 1.29 is 19.1 Å². The van der Waals surface area contributed by atoms with E-state index in [0.29, 0.717) is 12.8 Å². The van der Waals surface area contributed by atoms with Gasteiger partial charge in [-0.1, -0.05) is 142 Å². The molecule has 0 spiro atoms. The van der Waals surface area contributed by atoms with Crippen molar-refractivity contribution in [3.8, 4) is 0 Å². The lowest BCUT2D eigenvalue weighted by Crippen LogP contribution is -2.37. The number of rotatable bonds is 26. The number of hydrogen-bond acceptors (Lipinski definition) is 4. The van der Waals surface area contributed by atoms with E-state index in [-0.39, 0.29) is 24.1 Å². The Morgan fingerprint density at radius 1 is 0.447 bits per heavy atom. The zero-order chi connectivity index (χ0) is 27.5. The number of esters is 2. The van der Waals surface area contributed by atoms with Gasteiger partial charge in [0.1, 0.15) is 12.2 Å². The summed E-state index contributed by atoms with van der Waals surface area (Å²) in [6.07, 6.45) is 32.3. The molecule has 1 saturated carbocycles. The molecule has 1 rings (SSSR count). The van der Waals surface area contributed by atoms with Crippen molar-refractivity contribution in [1.29, 1.82) is 0 Å².